The fourth-order valence-corrected chi connectivity index (χ4v) is 15.4. The lowest BCUT2D eigenvalue weighted by molar-refractivity contribution is -0.140. The second kappa shape index (κ2) is 47.5. The van der Waals surface area contributed by atoms with Gasteiger partial charge < -0.3 is 97.7 Å². The maximum atomic E-state index is 14.2. The number of aliphatic imine (C=N–C) groups is 2. The van der Waals surface area contributed by atoms with E-state index in [1.807, 2.05) is 30.7 Å². The number of anilines is 2. The second-order valence-electron chi connectivity index (χ2n) is 31.2. The van der Waals surface area contributed by atoms with Gasteiger partial charge in [0.25, 0.3) is 11.8 Å². The van der Waals surface area contributed by atoms with Crippen molar-refractivity contribution >= 4 is 93.6 Å². The number of nitrogens with zero attached hydrogens (tertiary/aromatic N) is 7. The Kier molecular flexibility index (Phi) is 36.0. The van der Waals surface area contributed by atoms with E-state index >= 15 is 0 Å². The van der Waals surface area contributed by atoms with Gasteiger partial charge >= 0.3 is 0 Å². The highest BCUT2D eigenvalue weighted by atomic mass is 16.6. The minimum absolute atomic E-state index is 0.0132. The van der Waals surface area contributed by atoms with E-state index in [1.54, 1.807) is 73.2 Å². The van der Waals surface area contributed by atoms with Gasteiger partial charge in [-0.05, 0) is 97.3 Å². The number of methoxy groups -OCH3 is 2. The zero-order valence-electron chi connectivity index (χ0n) is 70.4. The lowest BCUT2D eigenvalue weighted by atomic mass is 9.83. The molecule has 120 heavy (non-hydrogen) atoms. The summed E-state index contributed by atoms with van der Waals surface area (Å²) in [4.78, 5) is 125. The van der Waals surface area contributed by atoms with E-state index < -0.39 is 23.9 Å². The summed E-state index contributed by atoms with van der Waals surface area (Å²) < 4.78 is 68.4. The highest BCUT2D eigenvalue weighted by Crippen LogP contribution is 2.43. The van der Waals surface area contributed by atoms with E-state index in [0.717, 1.165) is 74.1 Å². The molecule has 1 saturated carbocycles. The highest BCUT2D eigenvalue weighted by Gasteiger charge is 2.43. The minimum atomic E-state index is -0.944. The zero-order chi connectivity index (χ0) is 84.5. The van der Waals surface area contributed by atoms with Crippen molar-refractivity contribution in [2.45, 2.75) is 135 Å². The van der Waals surface area contributed by atoms with Gasteiger partial charge in [-0.1, -0.05) is 76.6 Å². The van der Waals surface area contributed by atoms with Crippen LogP contribution in [0.15, 0.2) is 95.2 Å². The maximum Gasteiger partial charge on any atom is 0.260 e. The average Bonchev–Trinajstić information content (AvgIpc) is 1.62. The lowest BCUT2D eigenvalue weighted by Gasteiger charge is -2.34. The third-order valence-electron chi connectivity index (χ3n) is 22.3. The van der Waals surface area contributed by atoms with Crippen LogP contribution in [0.1, 0.15) is 143 Å². The molecule has 2 saturated heterocycles. The molecule has 6 heterocycles. The van der Waals surface area contributed by atoms with Crippen molar-refractivity contribution in [2.24, 2.45) is 27.7 Å². The Hall–Kier alpha value is -9.70. The number of likely N-dealkylation sites (tertiary alicyclic amines) is 1. The largest absolute Gasteiger partial charge is 0.493 e. The average molecular weight is 1670 g/mol. The SMILES string of the molecule is COc1cc2c(cc1OCCCOc1cc3c(cc1OC)C(=O)N1C=C(c4ccc(N5CCN(C)CC5)cc4)C[C@H]1C=N3)N=C[C@@H]1CC(c3ccc(NC(=O)[C@H](C)NC(=O)[C@@H](NC(=O)CCOCCOCCOCCOCCOCCOCCOCCOCCNC(=O)CCN4C(=O)CC(C5CCCCCCCC5)C4=O)C(C)C)cc3)=CN1C2=O. The van der Waals surface area contributed by atoms with Gasteiger partial charge in [0, 0.05) is 126 Å². The van der Waals surface area contributed by atoms with Crippen LogP contribution in [0.25, 0.3) is 11.1 Å². The number of hydrogen-bond acceptors (Lipinski definition) is 24. The summed E-state index contributed by atoms with van der Waals surface area (Å²) in [5, 5.41) is 11.2. The monoisotopic (exact) mass is 1660 g/mol. The van der Waals surface area contributed by atoms with Crippen molar-refractivity contribution in [3.63, 3.8) is 0 Å². The van der Waals surface area contributed by atoms with Crippen molar-refractivity contribution in [3.8, 4) is 23.0 Å². The molecule has 3 fully saturated rings. The Bertz CT molecular complexity index is 4180. The highest BCUT2D eigenvalue weighted by molar-refractivity contribution is 6.07. The molecule has 4 aromatic rings. The summed E-state index contributed by atoms with van der Waals surface area (Å²) in [5.74, 6) is -0.884. The van der Waals surface area contributed by atoms with Crippen LogP contribution >= 0.6 is 0 Å². The van der Waals surface area contributed by atoms with E-state index in [-0.39, 0.29) is 118 Å². The second-order valence-corrected chi connectivity index (χ2v) is 31.2. The van der Waals surface area contributed by atoms with E-state index in [1.165, 1.54) is 50.5 Å². The topological polar surface area (TPSA) is 336 Å². The van der Waals surface area contributed by atoms with Crippen LogP contribution in [0, 0.1) is 17.8 Å². The van der Waals surface area contributed by atoms with Crippen molar-refractivity contribution in [3.05, 3.63) is 107 Å². The molecule has 7 aliphatic rings. The Balaban J connectivity index is 0.484. The number of imide groups is 1. The molecule has 5 atom stereocenters. The standard InChI is InChI=1S/C89H121N11O20/c1-61(2)84(95-82(102)25-34-111-36-38-113-40-42-115-44-46-117-48-49-118-47-45-116-43-41-114-39-37-112-35-26-90-81(101)24-27-98-83(103)54-72(87(98)106)65-14-11-9-7-8-10-12-15-65)86(105)93-62(3)85(104)94-68-20-16-63(17-21-68)66-50-70-57-91-75-55-79(77(109-5)52-73(75)88(107)99(70)59-66)119-32-13-33-120-80-56-76-74(53-78(80)110-6)89(108)100-60-67(51-71(100)58-92-76)64-18-22-69(23-19-64)97-30-28-96(4)29-31-97/h16-23,52-53,55-62,65,70-72,84H,7-15,24-51,54H2,1-6H3,(H,90,101)(H,93,105)(H,94,104)(H,95,102)/t62-,70-,71-,72?,84-/m0/s1. The van der Waals surface area contributed by atoms with Gasteiger partial charge in [-0.25, -0.2) is 0 Å². The van der Waals surface area contributed by atoms with Crippen LogP contribution in [-0.4, -0.2) is 283 Å². The van der Waals surface area contributed by atoms with Gasteiger partial charge in [-0.15, -0.1) is 0 Å². The van der Waals surface area contributed by atoms with Gasteiger partial charge in [-0.2, -0.15) is 0 Å². The van der Waals surface area contributed by atoms with Crippen LogP contribution in [0.4, 0.5) is 22.7 Å². The fraction of sp³-hybridized carbons (Fsp3) is 0.573. The number of nitrogens with one attached hydrogen (secondary N) is 4. The molecule has 31 nitrogen and oxygen atoms in total. The van der Waals surface area contributed by atoms with Gasteiger partial charge in [0.05, 0.1) is 174 Å². The number of amides is 8. The Labute approximate surface area is 703 Å². The predicted molar refractivity (Wildman–Crippen MR) is 453 cm³/mol. The molecular weight excluding hydrogens is 1540 g/mol. The fourth-order valence-electron chi connectivity index (χ4n) is 15.4. The Morgan fingerprint density at radius 2 is 0.967 bits per heavy atom. The van der Waals surface area contributed by atoms with Gasteiger partial charge in [0.2, 0.25) is 35.4 Å². The third-order valence-corrected chi connectivity index (χ3v) is 22.3. The number of rotatable bonds is 48. The lowest BCUT2D eigenvalue weighted by Crippen LogP contribution is -2.53. The molecular formula is C89H121N11O20. The first-order valence-electron chi connectivity index (χ1n) is 42.6. The molecule has 0 bridgehead atoms. The van der Waals surface area contributed by atoms with Gasteiger partial charge in [-0.3, -0.25) is 53.2 Å². The zero-order valence-corrected chi connectivity index (χ0v) is 70.4. The maximum absolute atomic E-state index is 14.2. The Morgan fingerprint density at radius 3 is 1.45 bits per heavy atom. The van der Waals surface area contributed by atoms with E-state index in [0.29, 0.717) is 169 Å². The predicted octanol–water partition coefficient (Wildman–Crippen LogP) is 8.99. The van der Waals surface area contributed by atoms with E-state index in [4.69, 9.17) is 66.8 Å². The molecule has 11 rings (SSSR count). The van der Waals surface area contributed by atoms with Crippen LogP contribution in [0.3, 0.4) is 0 Å². The molecule has 0 spiro atoms. The quantitative estimate of drug-likeness (QED) is 0.0237. The molecule has 1 unspecified atom stereocenters. The summed E-state index contributed by atoms with van der Waals surface area (Å²) in [6, 6.07) is 20.2. The first-order valence-corrected chi connectivity index (χ1v) is 42.6. The number of likely N-dealkylation sites (N-methyl/N-ethyl adjacent to an activating group) is 1. The summed E-state index contributed by atoms with van der Waals surface area (Å²) >= 11 is 0. The van der Waals surface area contributed by atoms with E-state index in [2.05, 4.69) is 62.4 Å². The van der Waals surface area contributed by atoms with Crippen molar-refractivity contribution in [2.75, 3.05) is 190 Å². The smallest absolute Gasteiger partial charge is 0.260 e. The molecule has 0 aromatic heterocycles. The number of benzene rings is 4. The van der Waals surface area contributed by atoms with Crippen LogP contribution < -0.4 is 45.1 Å². The summed E-state index contributed by atoms with van der Waals surface area (Å²) in [6.07, 6.45) is 18.4. The van der Waals surface area contributed by atoms with Gasteiger partial charge in [0.1, 0.15) is 12.1 Å². The summed E-state index contributed by atoms with van der Waals surface area (Å²) in [6.45, 7) is 15.8. The molecule has 6 aliphatic heterocycles. The van der Waals surface area contributed by atoms with Crippen LogP contribution in [0.5, 0.6) is 23.0 Å². The molecule has 4 aromatic carbocycles. The van der Waals surface area contributed by atoms with Crippen molar-refractivity contribution in [1.82, 2.24) is 35.6 Å². The summed E-state index contributed by atoms with van der Waals surface area (Å²) in [7, 11) is 5.20. The summed E-state index contributed by atoms with van der Waals surface area (Å²) in [5.41, 5.74) is 7.29. The molecule has 1 aliphatic carbocycles. The first-order chi connectivity index (χ1) is 58.4. The van der Waals surface area contributed by atoms with Gasteiger partial charge in [0.15, 0.2) is 23.0 Å². The number of hydrogen-bond donors (Lipinski definition) is 4. The number of piperazine rings is 1. The van der Waals surface area contributed by atoms with Crippen LogP contribution in [0.2, 0.25) is 0 Å². The number of carbonyl (C=O) groups is 8. The van der Waals surface area contributed by atoms with Crippen LogP contribution in [-0.2, 0) is 66.7 Å². The Morgan fingerprint density at radius 1 is 0.500 bits per heavy atom. The third kappa shape index (κ3) is 26.7. The first kappa shape index (κ1) is 91.1. The molecule has 8 amide bonds. The number of fused-ring (bicyclic) bond motifs is 4. The molecule has 0 radical (unpaired) electrons. The molecule has 31 heteroatoms. The van der Waals surface area contributed by atoms with Crippen molar-refractivity contribution in [1.29, 1.82) is 0 Å². The molecule has 652 valence electrons. The number of ether oxygens (including phenoxy) is 12. The normalized spacial score (nSPS) is 18.6. The van der Waals surface area contributed by atoms with E-state index in [9.17, 15) is 38.4 Å². The number of carbonyl (C=O) groups excluding carboxylic acids is 8. The molecule has 4 N–H and O–H groups in total. The van der Waals surface area contributed by atoms with Crippen molar-refractivity contribution < 1.29 is 95.2 Å². The minimum Gasteiger partial charge on any atom is -0.493 e.